The molecule has 2 aliphatic rings. The molecule has 0 spiro atoms. The van der Waals surface area contributed by atoms with E-state index in [2.05, 4.69) is 62.6 Å². The average Bonchev–Trinajstić information content (AvgIpc) is 3.38. The van der Waals surface area contributed by atoms with Gasteiger partial charge in [-0.25, -0.2) is 0 Å². The molecule has 0 amide bonds. The Hall–Kier alpha value is -2.58. The zero-order valence-electron chi connectivity index (χ0n) is 17.2. The predicted molar refractivity (Wildman–Crippen MR) is 119 cm³/mol. The first-order valence-corrected chi connectivity index (χ1v) is 11.6. The molecule has 30 heavy (non-hydrogen) atoms. The normalized spacial score (nSPS) is 20.2. The summed E-state index contributed by atoms with van der Waals surface area (Å²) in [4.78, 5) is 12.6. The zero-order chi connectivity index (χ0) is 20.1. The van der Waals surface area contributed by atoms with Gasteiger partial charge in [0.2, 0.25) is 0 Å². The monoisotopic (exact) mass is 419 g/mol. The van der Waals surface area contributed by atoms with Crippen molar-refractivity contribution in [3.8, 4) is 0 Å². The highest BCUT2D eigenvalue weighted by Gasteiger charge is 2.29. The number of hydrogen-bond donors (Lipinski definition) is 0. The molecule has 1 fully saturated rings. The molecule has 1 saturated heterocycles. The first-order valence-electron chi connectivity index (χ1n) is 10.8. The van der Waals surface area contributed by atoms with Crippen molar-refractivity contribution in [3.05, 3.63) is 46.3 Å². The molecule has 0 N–H and O–H groups in total. The Bertz CT molecular complexity index is 1200. The van der Waals surface area contributed by atoms with Crippen LogP contribution in [0.5, 0.6) is 0 Å². The minimum atomic E-state index is 0.501. The molecule has 4 aromatic rings. The quantitative estimate of drug-likeness (QED) is 0.505. The number of thiophene rings is 1. The third kappa shape index (κ3) is 2.97. The van der Waals surface area contributed by atoms with E-state index >= 15 is 0 Å². The minimum Gasteiger partial charge on any atom is -0.353 e. The van der Waals surface area contributed by atoms with E-state index in [1.807, 2.05) is 15.9 Å². The Labute approximate surface area is 179 Å². The van der Waals surface area contributed by atoms with E-state index in [1.165, 1.54) is 40.7 Å². The molecule has 1 aromatic carbocycles. The van der Waals surface area contributed by atoms with Crippen LogP contribution in [0.25, 0.3) is 16.0 Å². The zero-order valence-corrected chi connectivity index (χ0v) is 18.0. The molecule has 2 aliphatic heterocycles. The van der Waals surface area contributed by atoms with Gasteiger partial charge in [0.1, 0.15) is 10.6 Å². The van der Waals surface area contributed by atoms with E-state index in [9.17, 15) is 0 Å². The summed E-state index contributed by atoms with van der Waals surface area (Å²) in [6.07, 6.45) is 4.79. The van der Waals surface area contributed by atoms with Gasteiger partial charge in [-0.15, -0.1) is 11.3 Å². The summed E-state index contributed by atoms with van der Waals surface area (Å²) >= 11 is 1.84. The number of hydrogen-bond acceptors (Lipinski definition) is 7. The van der Waals surface area contributed by atoms with E-state index in [4.69, 9.17) is 4.98 Å². The molecule has 0 unspecified atom stereocenters. The highest BCUT2D eigenvalue weighted by molar-refractivity contribution is 7.19. The number of anilines is 1. The van der Waals surface area contributed by atoms with E-state index in [0.29, 0.717) is 11.8 Å². The van der Waals surface area contributed by atoms with Crippen molar-refractivity contribution in [1.82, 2.24) is 29.9 Å². The maximum Gasteiger partial charge on any atom is 0.276 e. The minimum absolute atomic E-state index is 0.501. The van der Waals surface area contributed by atoms with Gasteiger partial charge in [-0.05, 0) is 54.2 Å². The molecule has 0 aliphatic carbocycles. The molecule has 0 radical (unpaired) electrons. The summed E-state index contributed by atoms with van der Waals surface area (Å²) in [6.45, 7) is 6.41. The fourth-order valence-corrected chi connectivity index (χ4v) is 6.28. The standard InChI is InChI=1S/C22H25N7S/c1-15-7-5-6-11-28(15)20-19-17-10-12-27(13-16-8-3-2-4-9-16)14-18(17)30-21(19)29-22(23-20)24-25-26-29/h2-4,8-9,15H,5-7,10-14H2,1H3/t15-/m1/s1. The Morgan fingerprint density at radius 2 is 2.03 bits per heavy atom. The van der Waals surface area contributed by atoms with Crippen molar-refractivity contribution < 1.29 is 0 Å². The molecule has 0 saturated carbocycles. The Balaban J connectivity index is 1.44. The van der Waals surface area contributed by atoms with Crippen LogP contribution in [0, 0.1) is 0 Å². The summed E-state index contributed by atoms with van der Waals surface area (Å²) in [5, 5.41) is 13.6. The Kier molecular flexibility index (Phi) is 4.42. The topological polar surface area (TPSA) is 62.5 Å². The molecule has 3 aromatic heterocycles. The smallest absolute Gasteiger partial charge is 0.276 e. The van der Waals surface area contributed by atoms with Crippen molar-refractivity contribution in [3.63, 3.8) is 0 Å². The van der Waals surface area contributed by atoms with Crippen LogP contribution in [-0.2, 0) is 19.5 Å². The highest BCUT2D eigenvalue weighted by Crippen LogP contribution is 2.41. The van der Waals surface area contributed by atoms with Gasteiger partial charge in [-0.1, -0.05) is 35.4 Å². The van der Waals surface area contributed by atoms with E-state index < -0.39 is 0 Å². The Morgan fingerprint density at radius 3 is 2.90 bits per heavy atom. The number of aromatic nitrogens is 5. The fraction of sp³-hybridized carbons (Fsp3) is 0.455. The maximum absolute atomic E-state index is 4.95. The number of tetrazole rings is 1. The Morgan fingerprint density at radius 1 is 1.13 bits per heavy atom. The molecule has 1 atom stereocenters. The van der Waals surface area contributed by atoms with Gasteiger partial charge in [0.25, 0.3) is 5.78 Å². The molecule has 8 heteroatoms. The highest BCUT2D eigenvalue weighted by atomic mass is 32.1. The molecule has 7 nitrogen and oxygen atoms in total. The number of nitrogens with zero attached hydrogens (tertiary/aromatic N) is 7. The van der Waals surface area contributed by atoms with Gasteiger partial charge in [0.05, 0.1) is 5.39 Å². The van der Waals surface area contributed by atoms with Crippen LogP contribution < -0.4 is 4.90 Å². The van der Waals surface area contributed by atoms with Crippen molar-refractivity contribution in [2.24, 2.45) is 0 Å². The molecule has 0 bridgehead atoms. The third-order valence-electron chi connectivity index (χ3n) is 6.52. The van der Waals surface area contributed by atoms with Gasteiger partial charge in [0.15, 0.2) is 0 Å². The maximum atomic E-state index is 4.95. The lowest BCUT2D eigenvalue weighted by atomic mass is 10.0. The second kappa shape index (κ2) is 7.28. The largest absolute Gasteiger partial charge is 0.353 e. The molecule has 6 rings (SSSR count). The number of benzene rings is 1. The lowest BCUT2D eigenvalue weighted by molar-refractivity contribution is 0.249. The van der Waals surface area contributed by atoms with E-state index in [-0.39, 0.29) is 0 Å². The van der Waals surface area contributed by atoms with Crippen LogP contribution in [0.1, 0.15) is 42.2 Å². The molecule has 154 valence electrons. The summed E-state index contributed by atoms with van der Waals surface area (Å²) in [6, 6.07) is 11.3. The van der Waals surface area contributed by atoms with Gasteiger partial charge < -0.3 is 4.90 Å². The first-order chi connectivity index (χ1) is 14.8. The first kappa shape index (κ1) is 18.2. The van der Waals surface area contributed by atoms with Gasteiger partial charge >= 0.3 is 0 Å². The fourth-order valence-electron chi connectivity index (χ4n) is 4.95. The van der Waals surface area contributed by atoms with Crippen molar-refractivity contribution in [2.45, 2.75) is 51.7 Å². The average molecular weight is 420 g/mol. The van der Waals surface area contributed by atoms with Crippen LogP contribution in [0.2, 0.25) is 0 Å². The lowest BCUT2D eigenvalue weighted by Gasteiger charge is -2.35. The molecule has 5 heterocycles. The predicted octanol–water partition coefficient (Wildman–Crippen LogP) is 3.67. The number of rotatable bonds is 3. The van der Waals surface area contributed by atoms with E-state index in [0.717, 1.165) is 43.2 Å². The number of piperidine rings is 1. The van der Waals surface area contributed by atoms with Crippen LogP contribution >= 0.6 is 11.3 Å². The summed E-state index contributed by atoms with van der Waals surface area (Å²) < 4.78 is 1.83. The van der Waals surface area contributed by atoms with Crippen molar-refractivity contribution in [2.75, 3.05) is 18.0 Å². The van der Waals surface area contributed by atoms with Crippen molar-refractivity contribution >= 4 is 33.1 Å². The van der Waals surface area contributed by atoms with Crippen LogP contribution in [0.3, 0.4) is 0 Å². The summed E-state index contributed by atoms with van der Waals surface area (Å²) in [5.41, 5.74) is 2.83. The third-order valence-corrected chi connectivity index (χ3v) is 7.71. The number of fused-ring (bicyclic) bond motifs is 5. The van der Waals surface area contributed by atoms with Gasteiger partial charge in [-0.3, -0.25) is 4.90 Å². The van der Waals surface area contributed by atoms with Crippen molar-refractivity contribution in [1.29, 1.82) is 0 Å². The second-order valence-electron chi connectivity index (χ2n) is 8.49. The summed E-state index contributed by atoms with van der Waals surface area (Å²) in [7, 11) is 0. The summed E-state index contributed by atoms with van der Waals surface area (Å²) in [5.74, 6) is 1.70. The van der Waals surface area contributed by atoms with Gasteiger partial charge in [-0.2, -0.15) is 9.50 Å². The van der Waals surface area contributed by atoms with Crippen LogP contribution in [0.15, 0.2) is 30.3 Å². The molecular formula is C22H25N7S. The van der Waals surface area contributed by atoms with Crippen LogP contribution in [0.4, 0.5) is 5.82 Å². The van der Waals surface area contributed by atoms with Crippen LogP contribution in [-0.4, -0.2) is 49.1 Å². The lowest BCUT2D eigenvalue weighted by Crippen LogP contribution is -2.38. The SMILES string of the molecule is C[C@@H]1CCCCN1c1nc2nnnn2c2sc3c(c12)CCN(Cc1ccccc1)C3. The second-order valence-corrected chi connectivity index (χ2v) is 9.58. The van der Waals surface area contributed by atoms with Gasteiger partial charge in [0, 0.05) is 37.1 Å². The van der Waals surface area contributed by atoms with E-state index in [1.54, 1.807) is 0 Å². The molecular weight excluding hydrogens is 394 g/mol.